The Kier molecular flexibility index (Phi) is 7.76. The number of rotatable bonds is 8. The zero-order chi connectivity index (χ0) is 21.6. The Morgan fingerprint density at radius 3 is 2.14 bits per heavy atom. The molecule has 2 aromatic rings. The molecule has 0 saturated heterocycles. The highest BCUT2D eigenvalue weighted by Gasteiger charge is 2.25. The molecule has 1 atom stereocenters. The van der Waals surface area contributed by atoms with Crippen LogP contribution in [0.2, 0.25) is 0 Å². The lowest BCUT2D eigenvalue weighted by atomic mass is 10.0. The van der Waals surface area contributed by atoms with E-state index in [0.717, 1.165) is 12.2 Å². The van der Waals surface area contributed by atoms with E-state index in [-0.39, 0.29) is 17.4 Å². The molecule has 29 heavy (non-hydrogen) atoms. The predicted octanol–water partition coefficient (Wildman–Crippen LogP) is 4.45. The number of nitrogens with one attached hydrogen (secondary N) is 2. The Morgan fingerprint density at radius 1 is 1.00 bits per heavy atom. The van der Waals surface area contributed by atoms with Crippen molar-refractivity contribution in [1.29, 1.82) is 0 Å². The molecule has 2 amide bonds. The number of carbonyl (C=O) groups is 2. The molecule has 0 aromatic heterocycles. The summed E-state index contributed by atoms with van der Waals surface area (Å²) in [5, 5.41) is 5.49. The smallest absolute Gasteiger partial charge is 0.254 e. The van der Waals surface area contributed by atoms with Crippen molar-refractivity contribution in [1.82, 2.24) is 5.32 Å². The summed E-state index contributed by atoms with van der Waals surface area (Å²) in [4.78, 5) is 27.4. The minimum atomic E-state index is -0.787. The first kappa shape index (κ1) is 22.4. The lowest BCUT2D eigenvalue weighted by Gasteiger charge is -2.27. The molecule has 1 unspecified atom stereocenters. The van der Waals surface area contributed by atoms with Crippen molar-refractivity contribution < 1.29 is 14.0 Å². The third-order valence-corrected chi connectivity index (χ3v) is 4.78. The van der Waals surface area contributed by atoms with Crippen LogP contribution in [-0.2, 0) is 4.79 Å². The first-order valence-corrected chi connectivity index (χ1v) is 9.97. The zero-order valence-corrected chi connectivity index (χ0v) is 17.7. The maximum atomic E-state index is 13.9. The molecule has 2 N–H and O–H groups in total. The van der Waals surface area contributed by atoms with Gasteiger partial charge in [-0.2, -0.15) is 0 Å². The molecule has 0 aliphatic heterocycles. The number of halogens is 1. The Hall–Kier alpha value is -2.89. The van der Waals surface area contributed by atoms with Crippen molar-refractivity contribution in [2.24, 2.45) is 5.92 Å². The van der Waals surface area contributed by atoms with Gasteiger partial charge in [-0.05, 0) is 63.1 Å². The van der Waals surface area contributed by atoms with Crippen LogP contribution in [0.3, 0.4) is 0 Å². The van der Waals surface area contributed by atoms with Crippen LogP contribution in [0.15, 0.2) is 48.5 Å². The number of carbonyl (C=O) groups excluding carboxylic acids is 2. The summed E-state index contributed by atoms with van der Waals surface area (Å²) >= 11 is 0. The maximum absolute atomic E-state index is 13.9. The summed E-state index contributed by atoms with van der Waals surface area (Å²) in [5.74, 6) is -1.73. The highest BCUT2D eigenvalue weighted by molar-refractivity contribution is 6.01. The molecule has 0 aliphatic carbocycles. The maximum Gasteiger partial charge on any atom is 0.254 e. The first-order valence-electron chi connectivity index (χ1n) is 9.97. The van der Waals surface area contributed by atoms with Crippen molar-refractivity contribution in [2.75, 3.05) is 16.8 Å². The Bertz CT molecular complexity index is 834. The summed E-state index contributed by atoms with van der Waals surface area (Å²) in [6.07, 6.45) is 0. The number of benzene rings is 2. The zero-order valence-electron chi connectivity index (χ0n) is 17.7. The minimum absolute atomic E-state index is 0.0800. The third-order valence-electron chi connectivity index (χ3n) is 4.78. The van der Waals surface area contributed by atoms with Crippen LogP contribution in [-0.4, -0.2) is 30.4 Å². The van der Waals surface area contributed by atoms with E-state index in [9.17, 15) is 14.0 Å². The lowest BCUT2D eigenvalue weighted by molar-refractivity contribution is -0.118. The normalized spacial score (nSPS) is 12.0. The Balaban J connectivity index is 2.10. The fourth-order valence-corrected chi connectivity index (χ4v) is 3.20. The van der Waals surface area contributed by atoms with Crippen LogP contribution in [0, 0.1) is 11.7 Å². The summed E-state index contributed by atoms with van der Waals surface area (Å²) in [6.45, 7) is 10.9. The first-order chi connectivity index (χ1) is 13.7. The van der Waals surface area contributed by atoms with E-state index in [4.69, 9.17) is 0 Å². The average Bonchev–Trinajstić information content (AvgIpc) is 2.67. The molecular weight excluding hydrogens is 369 g/mol. The van der Waals surface area contributed by atoms with Crippen molar-refractivity contribution in [3.05, 3.63) is 59.9 Å². The average molecular weight is 400 g/mol. The molecule has 0 fully saturated rings. The summed E-state index contributed by atoms with van der Waals surface area (Å²) in [5.41, 5.74) is 1.64. The second-order valence-corrected chi connectivity index (χ2v) is 7.59. The number of amides is 2. The SMILES string of the molecule is CCN(c1ccc(NC(=O)C(NC(=O)c2ccccc2F)C(C)C)cc1)C(C)C. The van der Waals surface area contributed by atoms with Gasteiger partial charge in [0, 0.05) is 24.0 Å². The molecule has 0 heterocycles. The van der Waals surface area contributed by atoms with Crippen LogP contribution in [0.4, 0.5) is 15.8 Å². The van der Waals surface area contributed by atoms with Crippen LogP contribution in [0.1, 0.15) is 45.0 Å². The summed E-state index contributed by atoms with van der Waals surface area (Å²) < 4.78 is 13.9. The topological polar surface area (TPSA) is 61.4 Å². The van der Waals surface area contributed by atoms with E-state index in [1.54, 1.807) is 6.07 Å². The van der Waals surface area contributed by atoms with E-state index in [1.807, 2.05) is 38.1 Å². The van der Waals surface area contributed by atoms with Crippen molar-refractivity contribution in [3.63, 3.8) is 0 Å². The van der Waals surface area contributed by atoms with Gasteiger partial charge in [0.15, 0.2) is 0 Å². The minimum Gasteiger partial charge on any atom is -0.369 e. The monoisotopic (exact) mass is 399 g/mol. The number of nitrogens with zero attached hydrogens (tertiary/aromatic N) is 1. The van der Waals surface area contributed by atoms with Gasteiger partial charge in [0.05, 0.1) is 5.56 Å². The largest absolute Gasteiger partial charge is 0.369 e. The van der Waals surface area contributed by atoms with Crippen LogP contribution >= 0.6 is 0 Å². The Morgan fingerprint density at radius 2 is 1.62 bits per heavy atom. The molecule has 0 spiro atoms. The van der Waals surface area contributed by atoms with Crippen molar-refractivity contribution in [3.8, 4) is 0 Å². The van der Waals surface area contributed by atoms with Gasteiger partial charge < -0.3 is 15.5 Å². The van der Waals surface area contributed by atoms with Crippen LogP contribution in [0.25, 0.3) is 0 Å². The standard InChI is InChI=1S/C23H30FN3O2/c1-6-27(16(4)5)18-13-11-17(12-14-18)25-23(29)21(15(2)3)26-22(28)19-9-7-8-10-20(19)24/h7-16,21H,6H2,1-5H3,(H,25,29)(H,26,28). The number of anilines is 2. The molecule has 156 valence electrons. The molecule has 2 aromatic carbocycles. The van der Waals surface area contributed by atoms with Gasteiger partial charge in [0.1, 0.15) is 11.9 Å². The molecule has 0 radical (unpaired) electrons. The fourth-order valence-electron chi connectivity index (χ4n) is 3.20. The van der Waals surface area contributed by atoms with Crippen molar-refractivity contribution in [2.45, 2.75) is 46.7 Å². The van der Waals surface area contributed by atoms with Gasteiger partial charge in [-0.3, -0.25) is 9.59 Å². The van der Waals surface area contributed by atoms with E-state index in [2.05, 4.69) is 36.3 Å². The van der Waals surface area contributed by atoms with Gasteiger partial charge in [-0.15, -0.1) is 0 Å². The van der Waals surface area contributed by atoms with E-state index >= 15 is 0 Å². The van der Waals surface area contributed by atoms with E-state index < -0.39 is 17.8 Å². The highest BCUT2D eigenvalue weighted by atomic mass is 19.1. The molecule has 0 saturated carbocycles. The van der Waals surface area contributed by atoms with E-state index in [1.165, 1.54) is 18.2 Å². The number of hydrogen-bond donors (Lipinski definition) is 2. The summed E-state index contributed by atoms with van der Waals surface area (Å²) in [7, 11) is 0. The quantitative estimate of drug-likeness (QED) is 0.689. The fraction of sp³-hybridized carbons (Fsp3) is 0.391. The van der Waals surface area contributed by atoms with Crippen molar-refractivity contribution >= 4 is 23.2 Å². The van der Waals surface area contributed by atoms with Gasteiger partial charge in [0.2, 0.25) is 5.91 Å². The molecule has 2 rings (SSSR count). The molecule has 5 nitrogen and oxygen atoms in total. The predicted molar refractivity (Wildman–Crippen MR) is 116 cm³/mol. The van der Waals surface area contributed by atoms with E-state index in [0.29, 0.717) is 11.7 Å². The molecule has 6 heteroatoms. The van der Waals surface area contributed by atoms with Gasteiger partial charge in [0.25, 0.3) is 5.91 Å². The van der Waals surface area contributed by atoms with Gasteiger partial charge in [-0.1, -0.05) is 26.0 Å². The summed E-state index contributed by atoms with van der Waals surface area (Å²) in [6, 6.07) is 12.9. The van der Waals surface area contributed by atoms with Gasteiger partial charge >= 0.3 is 0 Å². The van der Waals surface area contributed by atoms with Crippen LogP contribution in [0.5, 0.6) is 0 Å². The highest BCUT2D eigenvalue weighted by Crippen LogP contribution is 2.20. The number of hydrogen-bond acceptors (Lipinski definition) is 3. The molecule has 0 aliphatic rings. The van der Waals surface area contributed by atoms with Crippen LogP contribution < -0.4 is 15.5 Å². The molecule has 0 bridgehead atoms. The molecular formula is C23H30FN3O2. The second-order valence-electron chi connectivity index (χ2n) is 7.59. The Labute approximate surface area is 172 Å². The van der Waals surface area contributed by atoms with Gasteiger partial charge in [-0.25, -0.2) is 4.39 Å². The third kappa shape index (κ3) is 5.79. The lowest BCUT2D eigenvalue weighted by Crippen LogP contribution is -2.47. The second kappa shape index (κ2) is 10.0.